The fourth-order valence-electron chi connectivity index (χ4n) is 13.7. The van der Waals surface area contributed by atoms with Crippen LogP contribution in [0.25, 0.3) is 0 Å². The Balaban J connectivity index is 0.943. The molecule has 9 fully saturated rings. The molecule has 3 heterocycles. The van der Waals surface area contributed by atoms with E-state index in [1.165, 1.54) is 32.1 Å². The largest absolute Gasteiger partial charge is 0.294 e. The lowest BCUT2D eigenvalue weighted by Gasteiger charge is -2.47. The van der Waals surface area contributed by atoms with Gasteiger partial charge in [0.25, 0.3) is 0 Å². The molecule has 15 unspecified atom stereocenters. The first-order valence-corrected chi connectivity index (χ1v) is 20.3. The first-order valence-electron chi connectivity index (χ1n) is 18.4. The highest BCUT2D eigenvalue weighted by Crippen LogP contribution is 2.66. The Hall–Kier alpha value is 0.660. The Labute approximate surface area is 248 Å². The molecule has 9 aliphatic rings. The van der Waals surface area contributed by atoms with Crippen molar-refractivity contribution >= 4 is 23.5 Å². The second-order valence-electron chi connectivity index (χ2n) is 16.4. The van der Waals surface area contributed by atoms with E-state index in [2.05, 4.69) is 28.4 Å². The molecule has 0 aromatic rings. The molecule has 3 aliphatic heterocycles. The summed E-state index contributed by atoms with van der Waals surface area (Å²) in [5, 5.41) is 4.21. The summed E-state index contributed by atoms with van der Waals surface area (Å²) in [6.07, 6.45) is 32.9. The molecule has 39 heavy (non-hydrogen) atoms. The van der Waals surface area contributed by atoms with Crippen LogP contribution in [0.15, 0.2) is 0 Å². The van der Waals surface area contributed by atoms with Gasteiger partial charge in [0.05, 0.1) is 0 Å². The van der Waals surface area contributed by atoms with Gasteiger partial charge in [0, 0.05) is 39.1 Å². The van der Waals surface area contributed by atoms with Gasteiger partial charge in [-0.15, -0.1) is 0 Å². The van der Waals surface area contributed by atoms with E-state index < -0.39 is 0 Å². The minimum absolute atomic E-state index is 0.954. The molecule has 0 N–H and O–H groups in total. The molecule has 1 nitrogen and oxygen atoms in total. The highest BCUT2D eigenvalue weighted by Gasteiger charge is 2.60. The molecular weight excluding hydrogens is 511 g/mol. The average Bonchev–Trinajstić information content (AvgIpc) is 3.66. The lowest BCUT2D eigenvalue weighted by Crippen LogP contribution is -2.49. The summed E-state index contributed by atoms with van der Waals surface area (Å²) in [5.74, 6) is 8.71. The first kappa shape index (κ1) is 26.1. The summed E-state index contributed by atoms with van der Waals surface area (Å²) in [4.78, 5) is 3.30. The maximum absolute atomic E-state index is 3.30. The fourth-order valence-corrected chi connectivity index (χ4v) is 18.5. The topological polar surface area (TPSA) is 3.24 Å². The normalized spacial score (nSPS) is 57.1. The third-order valence-corrected chi connectivity index (χ3v) is 18.8. The van der Waals surface area contributed by atoms with Crippen molar-refractivity contribution in [2.45, 2.75) is 174 Å². The van der Waals surface area contributed by atoms with Crippen molar-refractivity contribution in [2.24, 2.45) is 47.3 Å². The van der Waals surface area contributed by atoms with Gasteiger partial charge in [-0.3, -0.25) is 4.90 Å². The predicted octanol–water partition coefficient (Wildman–Crippen LogP) is 9.58. The first-order chi connectivity index (χ1) is 19.3. The smallest absolute Gasteiger partial charge is 0.0133 e. The molecule has 3 saturated heterocycles. The van der Waals surface area contributed by atoms with Crippen LogP contribution in [-0.2, 0) is 0 Å². The van der Waals surface area contributed by atoms with E-state index >= 15 is 0 Å². The quantitative estimate of drug-likeness (QED) is 0.327. The van der Waals surface area contributed by atoms with Crippen LogP contribution in [0.5, 0.6) is 0 Å². The van der Waals surface area contributed by atoms with E-state index in [1.54, 1.807) is 103 Å². The Bertz CT molecular complexity index is 869. The molecule has 9 rings (SSSR count). The molecule has 6 aliphatic carbocycles. The van der Waals surface area contributed by atoms with Gasteiger partial charge < -0.3 is 0 Å². The summed E-state index contributed by atoms with van der Waals surface area (Å²) in [5.41, 5.74) is 0. The van der Waals surface area contributed by atoms with Crippen LogP contribution in [0.2, 0.25) is 0 Å². The Kier molecular flexibility index (Phi) is 7.14. The van der Waals surface area contributed by atoms with E-state index in [4.69, 9.17) is 0 Å². The maximum atomic E-state index is 3.30. The average molecular weight is 568 g/mol. The molecule has 6 saturated carbocycles. The second kappa shape index (κ2) is 10.7. The predicted molar refractivity (Wildman–Crippen MR) is 168 cm³/mol. The molecule has 0 aromatic heterocycles. The lowest BCUT2D eigenvalue weighted by molar-refractivity contribution is 0.0319. The maximum Gasteiger partial charge on any atom is 0.0133 e. The van der Waals surface area contributed by atoms with Crippen LogP contribution >= 0.6 is 23.5 Å². The summed E-state index contributed by atoms with van der Waals surface area (Å²) in [6.45, 7) is 0. The minimum atomic E-state index is 0.954. The highest BCUT2D eigenvalue weighted by molar-refractivity contribution is 8.01. The van der Waals surface area contributed by atoms with E-state index in [1.807, 2.05) is 0 Å². The number of rotatable bonds is 2. The molecule has 0 spiro atoms. The molecule has 15 atom stereocenters. The van der Waals surface area contributed by atoms with E-state index in [9.17, 15) is 0 Å². The van der Waals surface area contributed by atoms with Gasteiger partial charge in [-0.1, -0.05) is 57.8 Å². The summed E-state index contributed by atoms with van der Waals surface area (Å²) < 4.78 is 0. The van der Waals surface area contributed by atoms with Gasteiger partial charge in [-0.25, -0.2) is 0 Å². The zero-order chi connectivity index (χ0) is 25.5. The number of nitrogens with zero attached hydrogens (tertiary/aromatic N) is 1. The number of fused-ring (bicyclic) bond motifs is 10. The van der Waals surface area contributed by atoms with Gasteiger partial charge in [0.15, 0.2) is 0 Å². The van der Waals surface area contributed by atoms with Crippen molar-refractivity contribution in [1.29, 1.82) is 0 Å². The number of likely N-dealkylation sites (tertiary alicyclic amines) is 1. The third kappa shape index (κ3) is 4.24. The third-order valence-electron chi connectivity index (χ3n) is 15.0. The summed E-state index contributed by atoms with van der Waals surface area (Å²) >= 11 is 5.16. The monoisotopic (exact) mass is 567 g/mol. The molecule has 0 bridgehead atoms. The van der Waals surface area contributed by atoms with Crippen LogP contribution in [-0.4, -0.2) is 44.0 Å². The lowest BCUT2D eigenvalue weighted by atomic mass is 9.62. The molecule has 0 radical (unpaired) electrons. The SMILES string of the molecule is C1CCC2C(C1)SC1CCC3C4CCCC(C5CCCC(N6C7CCCCC7C7CCCCC76)C5)C4SC3C12. The van der Waals surface area contributed by atoms with Crippen molar-refractivity contribution in [2.75, 3.05) is 0 Å². The number of thioether (sulfide) groups is 2. The highest BCUT2D eigenvalue weighted by atomic mass is 32.2. The van der Waals surface area contributed by atoms with Crippen molar-refractivity contribution in [3.8, 4) is 0 Å². The number of hydrogen-bond acceptors (Lipinski definition) is 3. The van der Waals surface area contributed by atoms with Crippen LogP contribution in [0.4, 0.5) is 0 Å². The van der Waals surface area contributed by atoms with Crippen LogP contribution in [0.1, 0.15) is 135 Å². The standard InChI is InChI=1S/C36H57NS2/c1-4-16-30-25(11-1)26-12-2-5-17-31(26)37(30)23-10-7-9-22(21-23)24-14-8-15-27-28-19-20-33-34(36(28)39-35(24)27)29-13-3-6-18-32(29)38-33/h22-36H,1-21H2. The van der Waals surface area contributed by atoms with Crippen LogP contribution in [0.3, 0.4) is 0 Å². The van der Waals surface area contributed by atoms with Crippen LogP contribution in [0, 0.1) is 47.3 Å². The van der Waals surface area contributed by atoms with Crippen molar-refractivity contribution in [1.82, 2.24) is 4.90 Å². The van der Waals surface area contributed by atoms with Crippen molar-refractivity contribution in [3.05, 3.63) is 0 Å². The van der Waals surface area contributed by atoms with E-state index in [0.717, 1.165) is 86.5 Å². The molecule has 0 amide bonds. The molecular formula is C36H57NS2. The molecule has 218 valence electrons. The van der Waals surface area contributed by atoms with Gasteiger partial charge in [-0.05, 0) is 124 Å². The van der Waals surface area contributed by atoms with Gasteiger partial charge >= 0.3 is 0 Å². The summed E-state index contributed by atoms with van der Waals surface area (Å²) in [7, 11) is 0. The Morgan fingerprint density at radius 3 is 1.87 bits per heavy atom. The van der Waals surface area contributed by atoms with Gasteiger partial charge in [0.2, 0.25) is 0 Å². The Morgan fingerprint density at radius 1 is 0.410 bits per heavy atom. The van der Waals surface area contributed by atoms with Gasteiger partial charge in [-0.2, -0.15) is 23.5 Å². The van der Waals surface area contributed by atoms with E-state index in [-0.39, 0.29) is 0 Å². The zero-order valence-electron chi connectivity index (χ0n) is 24.8. The summed E-state index contributed by atoms with van der Waals surface area (Å²) in [6, 6.07) is 2.92. The van der Waals surface area contributed by atoms with Crippen molar-refractivity contribution < 1.29 is 0 Å². The van der Waals surface area contributed by atoms with Gasteiger partial charge in [0.1, 0.15) is 0 Å². The minimum Gasteiger partial charge on any atom is -0.294 e. The van der Waals surface area contributed by atoms with E-state index in [0.29, 0.717) is 0 Å². The fraction of sp³-hybridized carbons (Fsp3) is 1.00. The second-order valence-corrected chi connectivity index (χ2v) is 19.2. The van der Waals surface area contributed by atoms with Crippen molar-refractivity contribution in [3.63, 3.8) is 0 Å². The number of hydrogen-bond donors (Lipinski definition) is 0. The van der Waals surface area contributed by atoms with Crippen LogP contribution < -0.4 is 0 Å². The Morgan fingerprint density at radius 2 is 1.05 bits per heavy atom. The molecule has 3 heteroatoms. The molecule has 0 aromatic carbocycles. The zero-order valence-corrected chi connectivity index (χ0v) is 26.4.